The SMILES string of the molecule is C=C(C)C(=O)OC12CC3CC(C1)CC(C(=O)O)(C3)C2.C=C(C)C(=O)OC12CC3CC(C1)CC(C(=O)OCOC)(C3)C2.COCOC(=O)C12CC3CC(CC(O)(C3)C1)C2.O=C(O)C12CC3CC(CC(O)(C3)C1)C2. The van der Waals surface area contributed by atoms with Gasteiger partial charge in [-0.05, 0) is 202 Å². The topological polar surface area (TPSA) is 239 Å². The van der Waals surface area contributed by atoms with Crippen LogP contribution in [0.25, 0.3) is 0 Å². The molecule has 16 nitrogen and oxygen atoms in total. The fourth-order valence-electron chi connectivity index (χ4n) is 19.1. The molecular weight excluding hydrogens is 929 g/mol. The Morgan fingerprint density at radius 1 is 0.431 bits per heavy atom. The van der Waals surface area contributed by atoms with Gasteiger partial charge in [0, 0.05) is 38.2 Å². The summed E-state index contributed by atoms with van der Waals surface area (Å²) in [5.41, 5.74) is -3.64. The number of rotatable bonds is 12. The van der Waals surface area contributed by atoms with Crippen molar-refractivity contribution in [3.8, 4) is 0 Å². The maximum Gasteiger partial charge on any atom is 0.333 e. The van der Waals surface area contributed by atoms with E-state index in [9.17, 15) is 49.2 Å². The Balaban J connectivity index is 0.000000120. The molecule has 16 aliphatic rings. The summed E-state index contributed by atoms with van der Waals surface area (Å²) in [6.45, 7) is 10.6. The van der Waals surface area contributed by atoms with Gasteiger partial charge < -0.3 is 48.8 Å². The zero-order valence-electron chi connectivity index (χ0n) is 43.1. The number of esters is 4. The first-order chi connectivity index (χ1) is 33.8. The van der Waals surface area contributed by atoms with Crippen molar-refractivity contribution in [1.82, 2.24) is 0 Å². The molecule has 0 aromatic carbocycles. The molecule has 0 saturated heterocycles. The Morgan fingerprint density at radius 2 is 0.694 bits per heavy atom. The highest BCUT2D eigenvalue weighted by Crippen LogP contribution is 2.66. The van der Waals surface area contributed by atoms with Gasteiger partial charge in [-0.25, -0.2) is 9.59 Å². The van der Waals surface area contributed by atoms with Gasteiger partial charge in [0.15, 0.2) is 13.6 Å². The van der Waals surface area contributed by atoms with Crippen LogP contribution in [0.15, 0.2) is 24.3 Å². The lowest BCUT2D eigenvalue weighted by Crippen LogP contribution is -2.60. The number of carbonyl (C=O) groups is 6. The van der Waals surface area contributed by atoms with E-state index in [1.807, 2.05) is 0 Å². The molecule has 0 aliphatic heterocycles. The molecule has 0 aromatic heterocycles. The molecule has 400 valence electrons. The molecule has 8 unspecified atom stereocenters. The van der Waals surface area contributed by atoms with Crippen LogP contribution in [0.5, 0.6) is 0 Å². The minimum absolute atomic E-state index is 0.0194. The van der Waals surface area contributed by atoms with Crippen molar-refractivity contribution in [3.05, 3.63) is 24.3 Å². The molecule has 0 spiro atoms. The molecule has 16 bridgehead atoms. The number of hydrogen-bond acceptors (Lipinski definition) is 14. The molecule has 0 radical (unpaired) electrons. The summed E-state index contributed by atoms with van der Waals surface area (Å²) in [4.78, 5) is 71.5. The van der Waals surface area contributed by atoms with Crippen molar-refractivity contribution in [2.45, 2.75) is 190 Å². The van der Waals surface area contributed by atoms with Gasteiger partial charge in [-0.2, -0.15) is 0 Å². The van der Waals surface area contributed by atoms with E-state index in [1.54, 1.807) is 13.8 Å². The number of carboxylic acids is 2. The third-order valence-corrected chi connectivity index (χ3v) is 19.8. The molecule has 16 heteroatoms. The van der Waals surface area contributed by atoms with Gasteiger partial charge in [-0.3, -0.25) is 19.2 Å². The molecule has 72 heavy (non-hydrogen) atoms. The second-order valence-corrected chi connectivity index (χ2v) is 26.4. The molecule has 0 heterocycles. The number of ether oxygens (including phenoxy) is 6. The van der Waals surface area contributed by atoms with E-state index in [0.717, 1.165) is 122 Å². The van der Waals surface area contributed by atoms with E-state index >= 15 is 0 Å². The Labute approximate surface area is 423 Å². The molecule has 16 saturated carbocycles. The van der Waals surface area contributed by atoms with Crippen LogP contribution in [0.4, 0.5) is 0 Å². The van der Waals surface area contributed by atoms with Crippen molar-refractivity contribution in [2.75, 3.05) is 27.8 Å². The highest BCUT2D eigenvalue weighted by atomic mass is 16.7. The summed E-state index contributed by atoms with van der Waals surface area (Å²) in [6.07, 6.45) is 20.2. The Hall–Kier alpha value is -3.86. The first-order valence-corrected chi connectivity index (χ1v) is 26.8. The standard InChI is InChI=1S/C17H24O5.C15H20O4.C13H20O4.C11H16O3/c1-11(2)14(18)22-17-7-12-4-13(8-17)6-16(5-12,9-17)15(19)21-10-20-3;1-9(2)12(16)19-15-6-10-3-11(7-15)5-14(4-10,8-15)13(17)18;1-16-8-17-11(14)12-3-9-2-10(4-12)6-13(15,5-9)7-12;12-9(13)10-2-7-1-8(3-10)5-11(14,4-7)6-10/h12-13H,1,4-10H2,2-3H3;10-11H,1,3-8H2,2H3,(H,17,18);9-10,15H,2-8H2,1H3;7-8,14H,1-6H2,(H,12,13). The first kappa shape index (κ1) is 53.0. The molecule has 16 rings (SSSR count). The zero-order valence-corrected chi connectivity index (χ0v) is 43.1. The maximum atomic E-state index is 12.6. The van der Waals surface area contributed by atoms with Crippen molar-refractivity contribution in [1.29, 1.82) is 0 Å². The Morgan fingerprint density at radius 3 is 0.986 bits per heavy atom. The summed E-state index contributed by atoms with van der Waals surface area (Å²) in [5.74, 6) is 1.18. The van der Waals surface area contributed by atoms with Crippen LogP contribution in [-0.2, 0) is 57.2 Å². The molecule has 16 aliphatic carbocycles. The first-order valence-electron chi connectivity index (χ1n) is 26.8. The number of methoxy groups -OCH3 is 2. The predicted molar refractivity (Wildman–Crippen MR) is 257 cm³/mol. The lowest BCUT2D eigenvalue weighted by molar-refractivity contribution is -0.214. The lowest BCUT2D eigenvalue weighted by atomic mass is 9.48. The monoisotopic (exact) mass is 1010 g/mol. The van der Waals surface area contributed by atoms with E-state index in [1.165, 1.54) is 20.6 Å². The molecule has 0 aromatic rings. The minimum atomic E-state index is -0.711. The van der Waals surface area contributed by atoms with E-state index in [0.29, 0.717) is 84.2 Å². The summed E-state index contributed by atoms with van der Waals surface area (Å²) < 4.78 is 31.6. The van der Waals surface area contributed by atoms with Gasteiger partial charge in [0.05, 0.1) is 32.9 Å². The van der Waals surface area contributed by atoms with Crippen LogP contribution in [0, 0.1) is 69.0 Å². The second-order valence-electron chi connectivity index (χ2n) is 26.4. The number of carboxylic acid groups (broad SMARTS) is 2. The van der Waals surface area contributed by atoms with Crippen LogP contribution in [0.1, 0.15) is 168 Å². The van der Waals surface area contributed by atoms with Crippen molar-refractivity contribution in [2.24, 2.45) is 69.0 Å². The van der Waals surface area contributed by atoms with Gasteiger partial charge >= 0.3 is 35.8 Å². The van der Waals surface area contributed by atoms with Crippen LogP contribution >= 0.6 is 0 Å². The number of aliphatic hydroxyl groups is 2. The largest absolute Gasteiger partial charge is 0.481 e. The van der Waals surface area contributed by atoms with Crippen molar-refractivity contribution in [3.63, 3.8) is 0 Å². The quantitative estimate of drug-likeness (QED) is 0.0627. The van der Waals surface area contributed by atoms with Crippen LogP contribution in [0.2, 0.25) is 0 Å². The lowest BCUT2D eigenvalue weighted by Gasteiger charge is -2.59. The van der Waals surface area contributed by atoms with Crippen molar-refractivity contribution >= 4 is 35.8 Å². The fraction of sp³-hybridized carbons (Fsp3) is 0.821. The van der Waals surface area contributed by atoms with E-state index in [-0.39, 0.29) is 37.5 Å². The number of aliphatic carboxylic acids is 2. The van der Waals surface area contributed by atoms with Gasteiger partial charge in [0.2, 0.25) is 0 Å². The molecule has 4 N–H and O–H groups in total. The highest BCUT2D eigenvalue weighted by Gasteiger charge is 2.65. The number of hydrogen-bond donors (Lipinski definition) is 4. The summed E-state index contributed by atoms with van der Waals surface area (Å²) in [5, 5.41) is 39.6. The van der Waals surface area contributed by atoms with Gasteiger partial charge in [-0.15, -0.1) is 0 Å². The zero-order chi connectivity index (χ0) is 51.9. The summed E-state index contributed by atoms with van der Waals surface area (Å²) in [6, 6.07) is 0. The third kappa shape index (κ3) is 10.2. The second kappa shape index (κ2) is 19.1. The fourth-order valence-corrected chi connectivity index (χ4v) is 19.1. The van der Waals surface area contributed by atoms with Crippen LogP contribution < -0.4 is 0 Å². The van der Waals surface area contributed by atoms with E-state index in [2.05, 4.69) is 13.2 Å². The average Bonchev–Trinajstić information content (AvgIpc) is 3.25. The van der Waals surface area contributed by atoms with Crippen molar-refractivity contribution < 1.29 is 77.6 Å². The van der Waals surface area contributed by atoms with Gasteiger partial charge in [-0.1, -0.05) is 13.2 Å². The van der Waals surface area contributed by atoms with Gasteiger partial charge in [0.25, 0.3) is 0 Å². The molecule has 8 atom stereocenters. The predicted octanol–water partition coefficient (Wildman–Crippen LogP) is 7.99. The number of carbonyl (C=O) groups excluding carboxylic acids is 4. The Bertz CT molecular complexity index is 2150. The molecular formula is C56H80O16. The summed E-state index contributed by atoms with van der Waals surface area (Å²) >= 11 is 0. The van der Waals surface area contributed by atoms with Crippen LogP contribution in [0.3, 0.4) is 0 Å². The minimum Gasteiger partial charge on any atom is -0.481 e. The Kier molecular flexibility index (Phi) is 14.0. The maximum absolute atomic E-state index is 12.6. The molecule has 0 amide bonds. The highest BCUT2D eigenvalue weighted by molar-refractivity contribution is 5.88. The van der Waals surface area contributed by atoms with E-state index in [4.69, 9.17) is 28.4 Å². The summed E-state index contributed by atoms with van der Waals surface area (Å²) in [7, 11) is 3.02. The molecule has 16 fully saturated rings. The third-order valence-electron chi connectivity index (χ3n) is 19.8. The average molecular weight is 1010 g/mol. The smallest absolute Gasteiger partial charge is 0.333 e. The van der Waals surface area contributed by atoms with Crippen LogP contribution in [-0.4, -0.2) is 106 Å². The van der Waals surface area contributed by atoms with Gasteiger partial charge in [0.1, 0.15) is 11.2 Å². The normalized spacial score (nSPS) is 45.0. The van der Waals surface area contributed by atoms with E-state index < -0.39 is 56.0 Å².